The van der Waals surface area contributed by atoms with Crippen LogP contribution in [0.15, 0.2) is 23.3 Å². The minimum absolute atomic E-state index is 0.306. The average Bonchev–Trinajstić information content (AvgIpc) is 3.11. The maximum Gasteiger partial charge on any atom is 0.235 e. The van der Waals surface area contributed by atoms with Crippen molar-refractivity contribution in [1.82, 2.24) is 9.80 Å². The number of methoxy groups -OCH3 is 2. The van der Waals surface area contributed by atoms with Crippen LogP contribution in [0.4, 0.5) is 0 Å². The molecule has 4 rings (SSSR count). The number of ether oxygens (including phenoxy) is 3. The van der Waals surface area contributed by atoms with Gasteiger partial charge in [-0.25, -0.2) is 0 Å². The van der Waals surface area contributed by atoms with Gasteiger partial charge in [0.05, 0.1) is 48.1 Å². The first-order valence-electron chi connectivity index (χ1n) is 10.3. The van der Waals surface area contributed by atoms with Crippen molar-refractivity contribution in [2.45, 2.75) is 38.3 Å². The second kappa shape index (κ2) is 7.65. The average molecular weight is 432 g/mol. The smallest absolute Gasteiger partial charge is 0.235 e. The number of likely N-dealkylation sites (tertiary alicyclic amines) is 2. The minimum atomic E-state index is -0.746. The zero-order valence-electron chi connectivity index (χ0n) is 18.5. The molecule has 0 N–H and O–H groups in total. The topological polar surface area (TPSA) is 102 Å². The van der Waals surface area contributed by atoms with E-state index in [1.54, 1.807) is 12.2 Å². The van der Waals surface area contributed by atoms with Crippen molar-refractivity contribution < 1.29 is 33.4 Å². The van der Waals surface area contributed by atoms with Crippen molar-refractivity contribution in [1.29, 1.82) is 0 Å². The van der Waals surface area contributed by atoms with E-state index in [0.717, 1.165) is 20.9 Å². The Balaban J connectivity index is 1.73. The van der Waals surface area contributed by atoms with Crippen molar-refractivity contribution in [3.63, 3.8) is 0 Å². The number of carbonyl (C=O) groups excluding carboxylic acids is 4. The van der Waals surface area contributed by atoms with Crippen LogP contribution in [0.2, 0.25) is 0 Å². The van der Waals surface area contributed by atoms with Crippen molar-refractivity contribution in [2.24, 2.45) is 23.7 Å². The molecule has 8 atom stereocenters. The highest BCUT2D eigenvalue weighted by Gasteiger charge is 2.59. The number of hydrogen-bond acceptors (Lipinski definition) is 7. The summed E-state index contributed by atoms with van der Waals surface area (Å²) in [7, 11) is 5.93. The lowest BCUT2D eigenvalue weighted by Crippen LogP contribution is -2.49. The molecule has 0 radical (unpaired) electrons. The molecule has 0 spiro atoms. The SMILES string of the molecule is CO[C@H]1C=C(C)[C@H](O[C@H]2C(C)=C[C@H](OC)[C@@H]3C(=O)N(C)C(=O)[C@@H]32)[C@H]2C(=O)N(C)C(=O)[C@H]21. The number of fused-ring (bicyclic) bond motifs is 2. The van der Waals surface area contributed by atoms with E-state index in [4.69, 9.17) is 14.2 Å². The number of carbonyl (C=O) groups is 4. The first kappa shape index (κ1) is 21.9. The molecule has 9 heteroatoms. The standard InChI is InChI=1S/C22H28N2O7/c1-9-7-11(29-5)13-15(21(27)23(3)19(13)25)17(9)31-18-10(2)8-12(30-6)14-16(18)22(28)24(4)20(14)26/h7-8,11-18H,1-6H3/t11-,12-,13-,14-,15-,16-,17-,18-/m0/s1. The summed E-state index contributed by atoms with van der Waals surface area (Å²) in [5, 5.41) is 0. The first-order valence-corrected chi connectivity index (χ1v) is 10.3. The number of imide groups is 2. The van der Waals surface area contributed by atoms with Crippen LogP contribution in [0.5, 0.6) is 0 Å². The number of nitrogens with zero attached hydrogens (tertiary/aromatic N) is 2. The summed E-state index contributed by atoms with van der Waals surface area (Å²) >= 11 is 0. The van der Waals surface area contributed by atoms with Crippen LogP contribution in [0.3, 0.4) is 0 Å². The largest absolute Gasteiger partial charge is 0.377 e. The highest BCUT2D eigenvalue weighted by atomic mass is 16.5. The molecule has 9 nitrogen and oxygen atoms in total. The Morgan fingerprint density at radius 2 is 0.968 bits per heavy atom. The fourth-order valence-electron chi connectivity index (χ4n) is 5.50. The van der Waals surface area contributed by atoms with Crippen LogP contribution in [-0.4, -0.2) is 86.2 Å². The molecule has 0 unspecified atom stereocenters. The van der Waals surface area contributed by atoms with Crippen LogP contribution < -0.4 is 0 Å². The molecule has 0 aromatic carbocycles. The van der Waals surface area contributed by atoms with Crippen LogP contribution >= 0.6 is 0 Å². The first-order chi connectivity index (χ1) is 14.6. The lowest BCUT2D eigenvalue weighted by Gasteiger charge is -2.40. The molecular weight excluding hydrogens is 404 g/mol. The normalized spacial score (nSPS) is 40.2. The van der Waals surface area contributed by atoms with Gasteiger partial charge in [0.1, 0.15) is 0 Å². The molecule has 2 heterocycles. The minimum Gasteiger partial charge on any atom is -0.377 e. The molecule has 2 saturated heterocycles. The van der Waals surface area contributed by atoms with Gasteiger partial charge < -0.3 is 14.2 Å². The fraction of sp³-hybridized carbons (Fsp3) is 0.636. The Morgan fingerprint density at radius 1 is 0.645 bits per heavy atom. The molecule has 2 fully saturated rings. The predicted molar refractivity (Wildman–Crippen MR) is 107 cm³/mol. The van der Waals surface area contributed by atoms with Crippen LogP contribution in [0.1, 0.15) is 13.8 Å². The summed E-state index contributed by atoms with van der Waals surface area (Å²) in [5.41, 5.74) is 1.51. The molecule has 0 aromatic rings. The quantitative estimate of drug-likeness (QED) is 0.460. The van der Waals surface area contributed by atoms with Crippen LogP contribution in [-0.2, 0) is 33.4 Å². The zero-order valence-corrected chi connectivity index (χ0v) is 18.5. The monoisotopic (exact) mass is 432 g/mol. The highest BCUT2D eigenvalue weighted by molar-refractivity contribution is 6.07. The maximum absolute atomic E-state index is 13.0. The van der Waals surface area contributed by atoms with Crippen molar-refractivity contribution in [3.8, 4) is 0 Å². The van der Waals surface area contributed by atoms with Crippen molar-refractivity contribution in [3.05, 3.63) is 23.3 Å². The van der Waals surface area contributed by atoms with Crippen LogP contribution in [0.25, 0.3) is 0 Å². The van der Waals surface area contributed by atoms with Gasteiger partial charge in [-0.15, -0.1) is 0 Å². The lowest BCUT2D eigenvalue weighted by atomic mass is 9.75. The van der Waals surface area contributed by atoms with Gasteiger partial charge in [0.25, 0.3) is 0 Å². The van der Waals surface area contributed by atoms with Gasteiger partial charge in [0.15, 0.2) is 0 Å². The summed E-state index contributed by atoms with van der Waals surface area (Å²) in [6.45, 7) is 3.65. The van der Waals surface area contributed by atoms with E-state index in [1.165, 1.54) is 28.3 Å². The molecule has 2 aliphatic heterocycles. The second-order valence-corrected chi connectivity index (χ2v) is 8.77. The molecule has 0 bridgehead atoms. The van der Waals surface area contributed by atoms with Gasteiger partial charge in [-0.1, -0.05) is 12.2 Å². The highest BCUT2D eigenvalue weighted by Crippen LogP contribution is 2.45. The number of hydrogen-bond donors (Lipinski definition) is 0. The van der Waals surface area contributed by atoms with E-state index in [9.17, 15) is 19.2 Å². The van der Waals surface area contributed by atoms with E-state index in [0.29, 0.717) is 0 Å². The van der Waals surface area contributed by atoms with Crippen LogP contribution in [0, 0.1) is 23.7 Å². The van der Waals surface area contributed by atoms with Gasteiger partial charge >= 0.3 is 0 Å². The number of amides is 4. The van der Waals surface area contributed by atoms with Gasteiger partial charge in [-0.3, -0.25) is 29.0 Å². The Morgan fingerprint density at radius 3 is 1.29 bits per heavy atom. The Bertz CT molecular complexity index is 838. The summed E-state index contributed by atoms with van der Waals surface area (Å²) in [6.07, 6.45) is 1.14. The number of rotatable bonds is 4. The Hall–Kier alpha value is -2.36. The van der Waals surface area contributed by atoms with E-state index >= 15 is 0 Å². The molecular formula is C22H28N2O7. The van der Waals surface area contributed by atoms with Gasteiger partial charge in [-0.2, -0.15) is 0 Å². The van der Waals surface area contributed by atoms with E-state index < -0.39 is 48.1 Å². The second-order valence-electron chi connectivity index (χ2n) is 8.77. The molecule has 31 heavy (non-hydrogen) atoms. The van der Waals surface area contributed by atoms with Gasteiger partial charge in [-0.05, 0) is 25.0 Å². The van der Waals surface area contributed by atoms with E-state index in [1.807, 2.05) is 13.8 Å². The molecule has 0 saturated carbocycles. The molecule has 4 amide bonds. The van der Waals surface area contributed by atoms with E-state index in [2.05, 4.69) is 0 Å². The zero-order chi connectivity index (χ0) is 22.8. The lowest BCUT2D eigenvalue weighted by molar-refractivity contribution is -0.144. The Labute approximate surface area is 181 Å². The fourth-order valence-corrected chi connectivity index (χ4v) is 5.50. The van der Waals surface area contributed by atoms with Gasteiger partial charge in [0.2, 0.25) is 23.6 Å². The Kier molecular flexibility index (Phi) is 5.39. The summed E-state index contributed by atoms with van der Waals surface area (Å²) in [5.74, 6) is -4.13. The predicted octanol–water partition coefficient (Wildman–Crippen LogP) is 0.152. The molecule has 0 aromatic heterocycles. The maximum atomic E-state index is 13.0. The van der Waals surface area contributed by atoms with Gasteiger partial charge in [0, 0.05) is 28.3 Å². The summed E-state index contributed by atoms with van der Waals surface area (Å²) in [4.78, 5) is 53.6. The summed E-state index contributed by atoms with van der Waals surface area (Å²) in [6, 6.07) is 0. The summed E-state index contributed by atoms with van der Waals surface area (Å²) < 4.78 is 17.4. The third kappa shape index (κ3) is 3.01. The van der Waals surface area contributed by atoms with E-state index in [-0.39, 0.29) is 23.6 Å². The molecule has 4 aliphatic rings. The third-order valence-corrected chi connectivity index (χ3v) is 7.19. The molecule has 168 valence electrons. The molecule has 2 aliphatic carbocycles. The van der Waals surface area contributed by atoms with Crippen molar-refractivity contribution in [2.75, 3.05) is 28.3 Å². The van der Waals surface area contributed by atoms with Crippen molar-refractivity contribution >= 4 is 23.6 Å². The third-order valence-electron chi connectivity index (χ3n) is 7.19.